The van der Waals surface area contributed by atoms with Gasteiger partial charge in [0.2, 0.25) is 0 Å². The number of benzene rings is 1. The average Bonchev–Trinajstić information content (AvgIpc) is 2.43. The molecule has 1 amide bonds. The lowest BCUT2D eigenvalue weighted by molar-refractivity contribution is 0.0952. The zero-order valence-electron chi connectivity index (χ0n) is 13.5. The molecule has 116 valence electrons. The largest absolute Gasteiger partial charge is 0.351 e. The van der Waals surface area contributed by atoms with E-state index in [2.05, 4.69) is 24.5 Å². The van der Waals surface area contributed by atoms with Crippen LogP contribution in [0.1, 0.15) is 55.5 Å². The maximum absolute atomic E-state index is 12.0. The quantitative estimate of drug-likeness (QED) is 0.816. The predicted octanol–water partition coefficient (Wildman–Crippen LogP) is 3.28. The Balaban J connectivity index is 1.67. The number of nitrogens with one attached hydrogen (secondary N) is 2. The average molecular weight is 288 g/mol. The molecule has 1 unspecified atom stereocenters. The van der Waals surface area contributed by atoms with Crippen LogP contribution in [-0.2, 0) is 0 Å². The van der Waals surface area contributed by atoms with E-state index in [1.807, 2.05) is 31.2 Å². The van der Waals surface area contributed by atoms with Gasteiger partial charge in [0.1, 0.15) is 0 Å². The molecule has 1 aliphatic carbocycles. The van der Waals surface area contributed by atoms with Crippen molar-refractivity contribution < 1.29 is 4.79 Å². The molecule has 3 heteroatoms. The summed E-state index contributed by atoms with van der Waals surface area (Å²) in [6, 6.07) is 8.29. The van der Waals surface area contributed by atoms with E-state index in [0.717, 1.165) is 12.1 Å². The molecule has 3 nitrogen and oxygen atoms in total. The van der Waals surface area contributed by atoms with E-state index in [1.54, 1.807) is 0 Å². The number of rotatable bonds is 5. The molecule has 2 N–H and O–H groups in total. The lowest BCUT2D eigenvalue weighted by Crippen LogP contribution is -2.41. The molecule has 0 spiro atoms. The van der Waals surface area contributed by atoms with Crippen LogP contribution < -0.4 is 10.6 Å². The smallest absolute Gasteiger partial charge is 0.251 e. The third-order valence-corrected chi connectivity index (χ3v) is 4.36. The lowest BCUT2D eigenvalue weighted by atomic mass is 9.75. The highest BCUT2D eigenvalue weighted by Crippen LogP contribution is 2.34. The molecule has 0 heterocycles. The van der Waals surface area contributed by atoms with Crippen molar-refractivity contribution in [2.24, 2.45) is 5.41 Å². The van der Waals surface area contributed by atoms with Gasteiger partial charge in [-0.3, -0.25) is 4.79 Å². The van der Waals surface area contributed by atoms with Crippen molar-refractivity contribution in [3.8, 4) is 0 Å². The van der Waals surface area contributed by atoms with Crippen LogP contribution in [0.3, 0.4) is 0 Å². The number of aryl methyl sites for hydroxylation is 1. The number of amides is 1. The van der Waals surface area contributed by atoms with E-state index >= 15 is 0 Å². The minimum Gasteiger partial charge on any atom is -0.351 e. The molecule has 1 aliphatic rings. The van der Waals surface area contributed by atoms with Gasteiger partial charge in [-0.05, 0) is 43.7 Å². The van der Waals surface area contributed by atoms with Crippen LogP contribution in [0.4, 0.5) is 0 Å². The minimum atomic E-state index is 0.0146. The van der Waals surface area contributed by atoms with Crippen LogP contribution in [-0.4, -0.2) is 25.0 Å². The van der Waals surface area contributed by atoms with Gasteiger partial charge in [0.05, 0.1) is 0 Å². The third kappa shape index (κ3) is 5.16. The number of hydrogen-bond donors (Lipinski definition) is 2. The van der Waals surface area contributed by atoms with E-state index in [0.29, 0.717) is 18.0 Å². The molecule has 1 fully saturated rings. The fourth-order valence-corrected chi connectivity index (χ4v) is 3.13. The van der Waals surface area contributed by atoms with Crippen LogP contribution in [0.15, 0.2) is 24.3 Å². The normalized spacial score (nSPS) is 21.0. The summed E-state index contributed by atoms with van der Waals surface area (Å²) in [7, 11) is 0. The maximum atomic E-state index is 12.0. The monoisotopic (exact) mass is 288 g/mol. The molecule has 21 heavy (non-hydrogen) atoms. The van der Waals surface area contributed by atoms with E-state index < -0.39 is 0 Å². The third-order valence-electron chi connectivity index (χ3n) is 4.36. The van der Waals surface area contributed by atoms with Gasteiger partial charge in [-0.15, -0.1) is 0 Å². The highest BCUT2D eigenvalue weighted by atomic mass is 16.1. The predicted molar refractivity (Wildman–Crippen MR) is 87.6 cm³/mol. The van der Waals surface area contributed by atoms with Crippen LogP contribution >= 0.6 is 0 Å². The molecule has 0 bridgehead atoms. The maximum Gasteiger partial charge on any atom is 0.251 e. The van der Waals surface area contributed by atoms with E-state index in [-0.39, 0.29) is 5.91 Å². The summed E-state index contributed by atoms with van der Waals surface area (Å²) in [4.78, 5) is 12.0. The molecule has 0 aromatic heterocycles. The summed E-state index contributed by atoms with van der Waals surface area (Å²) >= 11 is 0. The highest BCUT2D eigenvalue weighted by molar-refractivity contribution is 5.94. The summed E-state index contributed by atoms with van der Waals surface area (Å²) in [6.07, 6.45) is 5.13. The summed E-state index contributed by atoms with van der Waals surface area (Å²) in [6.45, 7) is 8.25. The van der Waals surface area contributed by atoms with Gasteiger partial charge in [0.25, 0.3) is 5.91 Å². The van der Waals surface area contributed by atoms with E-state index in [1.165, 1.54) is 31.2 Å². The molecule has 0 radical (unpaired) electrons. The standard InChI is InChI=1S/C18H28N2O/c1-14-6-8-15(9-7-14)17(21)20-12-11-19-16-5-4-10-18(2,3)13-16/h6-9,16,19H,4-5,10-13H2,1-3H3,(H,20,21). The Kier molecular flexibility index (Phi) is 5.40. The van der Waals surface area contributed by atoms with Crippen molar-refractivity contribution in [3.05, 3.63) is 35.4 Å². The Morgan fingerprint density at radius 3 is 2.62 bits per heavy atom. The van der Waals surface area contributed by atoms with Crippen molar-refractivity contribution >= 4 is 5.91 Å². The van der Waals surface area contributed by atoms with Gasteiger partial charge in [-0.25, -0.2) is 0 Å². The summed E-state index contributed by atoms with van der Waals surface area (Å²) < 4.78 is 0. The van der Waals surface area contributed by atoms with Gasteiger partial charge in [-0.2, -0.15) is 0 Å². The van der Waals surface area contributed by atoms with E-state index in [9.17, 15) is 4.79 Å². The first-order chi connectivity index (χ1) is 9.96. The van der Waals surface area contributed by atoms with Gasteiger partial charge in [0, 0.05) is 24.7 Å². The van der Waals surface area contributed by atoms with Crippen LogP contribution in [0, 0.1) is 12.3 Å². The zero-order valence-corrected chi connectivity index (χ0v) is 13.5. The molecule has 1 aromatic rings. The SMILES string of the molecule is Cc1ccc(C(=O)NCCNC2CCCC(C)(C)C2)cc1. The van der Waals surface area contributed by atoms with Crippen LogP contribution in [0.2, 0.25) is 0 Å². The first-order valence-electron chi connectivity index (χ1n) is 8.04. The van der Waals surface area contributed by atoms with E-state index in [4.69, 9.17) is 0 Å². The van der Waals surface area contributed by atoms with Gasteiger partial charge >= 0.3 is 0 Å². The molecular formula is C18H28N2O. The molecule has 1 aromatic carbocycles. The highest BCUT2D eigenvalue weighted by Gasteiger charge is 2.27. The van der Waals surface area contributed by atoms with Crippen molar-refractivity contribution in [2.45, 2.75) is 52.5 Å². The number of carbonyl (C=O) groups is 1. The Bertz CT molecular complexity index is 465. The molecular weight excluding hydrogens is 260 g/mol. The Morgan fingerprint density at radius 1 is 1.24 bits per heavy atom. The fourth-order valence-electron chi connectivity index (χ4n) is 3.13. The second kappa shape index (κ2) is 7.08. The lowest BCUT2D eigenvalue weighted by Gasteiger charge is -2.35. The van der Waals surface area contributed by atoms with Crippen molar-refractivity contribution in [1.29, 1.82) is 0 Å². The summed E-state index contributed by atoms with van der Waals surface area (Å²) in [5.41, 5.74) is 2.37. The Hall–Kier alpha value is -1.35. The zero-order chi connectivity index (χ0) is 15.3. The topological polar surface area (TPSA) is 41.1 Å². The van der Waals surface area contributed by atoms with Gasteiger partial charge in [-0.1, -0.05) is 38.0 Å². The van der Waals surface area contributed by atoms with Crippen LogP contribution in [0.5, 0.6) is 0 Å². The second-order valence-electron chi connectivity index (χ2n) is 7.03. The summed E-state index contributed by atoms with van der Waals surface area (Å²) in [5, 5.41) is 6.56. The van der Waals surface area contributed by atoms with Crippen LogP contribution in [0.25, 0.3) is 0 Å². The second-order valence-corrected chi connectivity index (χ2v) is 7.03. The fraction of sp³-hybridized carbons (Fsp3) is 0.611. The molecule has 0 aliphatic heterocycles. The number of hydrogen-bond acceptors (Lipinski definition) is 2. The first-order valence-corrected chi connectivity index (χ1v) is 8.04. The molecule has 1 atom stereocenters. The van der Waals surface area contributed by atoms with Gasteiger partial charge in [0.15, 0.2) is 0 Å². The minimum absolute atomic E-state index is 0.0146. The van der Waals surface area contributed by atoms with Crippen molar-refractivity contribution in [3.63, 3.8) is 0 Å². The molecule has 1 saturated carbocycles. The molecule has 2 rings (SSSR count). The summed E-state index contributed by atoms with van der Waals surface area (Å²) in [5.74, 6) is 0.0146. The van der Waals surface area contributed by atoms with Crippen molar-refractivity contribution in [2.75, 3.05) is 13.1 Å². The molecule has 0 saturated heterocycles. The first kappa shape index (κ1) is 16.0. The Morgan fingerprint density at radius 2 is 1.95 bits per heavy atom. The van der Waals surface area contributed by atoms with Gasteiger partial charge < -0.3 is 10.6 Å². The Labute approximate surface area is 128 Å². The van der Waals surface area contributed by atoms with Crippen molar-refractivity contribution in [1.82, 2.24) is 10.6 Å². The number of carbonyl (C=O) groups excluding carboxylic acids is 1.